The molecule has 2 heterocycles. The molecule has 0 spiro atoms. The predicted octanol–water partition coefficient (Wildman–Crippen LogP) is 2.22. The summed E-state index contributed by atoms with van der Waals surface area (Å²) in [4.78, 5) is 16.2. The Bertz CT molecular complexity index is 273. The molecule has 0 aromatic carbocycles. The van der Waals surface area contributed by atoms with Crippen LogP contribution < -0.4 is 5.32 Å². The van der Waals surface area contributed by atoms with E-state index in [2.05, 4.69) is 15.1 Å². The van der Waals surface area contributed by atoms with E-state index in [0.29, 0.717) is 13.2 Å². The van der Waals surface area contributed by atoms with Gasteiger partial charge in [0.25, 0.3) is 0 Å². The first-order valence-corrected chi connectivity index (χ1v) is 9.59. The molecule has 2 rings (SSSR count). The molecule has 0 unspecified atom stereocenters. The van der Waals surface area contributed by atoms with E-state index >= 15 is 0 Å². The smallest absolute Gasteiger partial charge is 0.320 e. The Balaban J connectivity index is 0.00000112. The number of ether oxygens (including phenoxy) is 1. The molecule has 2 saturated heterocycles. The lowest BCUT2D eigenvalue weighted by Crippen LogP contribution is -2.49. The van der Waals surface area contributed by atoms with E-state index in [1.165, 1.54) is 32.5 Å². The Morgan fingerprint density at radius 1 is 1.00 bits per heavy atom. The van der Waals surface area contributed by atoms with Gasteiger partial charge in [0.15, 0.2) is 0 Å². The van der Waals surface area contributed by atoms with Gasteiger partial charge in [0.05, 0.1) is 13.2 Å². The molecule has 0 aromatic heterocycles. The Morgan fingerprint density at radius 2 is 1.52 bits per heavy atom. The average Bonchev–Trinajstić information content (AvgIpc) is 2.61. The molecule has 5 nitrogen and oxygen atoms in total. The van der Waals surface area contributed by atoms with Crippen LogP contribution in [-0.4, -0.2) is 74.7 Å². The standard InChI is InChI=1S/C14H27N3O2.2C2H6/c1-2-19-14(18)12-17-9-7-16(8-10-17)11-13-3-5-15-6-4-13;2*1-2/h13,15H,2-12H2,1H3;2*1-2H3. The molecule has 0 radical (unpaired) electrons. The summed E-state index contributed by atoms with van der Waals surface area (Å²) in [5.41, 5.74) is 0. The van der Waals surface area contributed by atoms with Gasteiger partial charge in [-0.25, -0.2) is 0 Å². The Labute approximate surface area is 143 Å². The number of piperidine rings is 1. The quantitative estimate of drug-likeness (QED) is 0.784. The molecule has 1 N–H and O–H groups in total. The van der Waals surface area contributed by atoms with Gasteiger partial charge in [0.1, 0.15) is 0 Å². The van der Waals surface area contributed by atoms with E-state index < -0.39 is 0 Å². The normalized spacial score (nSPS) is 19.9. The molecule has 5 heteroatoms. The summed E-state index contributed by atoms with van der Waals surface area (Å²) < 4.78 is 4.99. The molecule has 0 aliphatic carbocycles. The highest BCUT2D eigenvalue weighted by atomic mass is 16.5. The van der Waals surface area contributed by atoms with Crippen LogP contribution in [0.4, 0.5) is 0 Å². The van der Waals surface area contributed by atoms with Crippen molar-refractivity contribution in [2.24, 2.45) is 5.92 Å². The van der Waals surface area contributed by atoms with Crippen molar-refractivity contribution in [1.29, 1.82) is 0 Å². The first-order valence-electron chi connectivity index (χ1n) is 9.59. The number of hydrogen-bond donors (Lipinski definition) is 1. The lowest BCUT2D eigenvalue weighted by Gasteiger charge is -2.36. The van der Waals surface area contributed by atoms with Gasteiger partial charge in [-0.2, -0.15) is 0 Å². The SMILES string of the molecule is CC.CC.CCOC(=O)CN1CCN(CC2CCNCC2)CC1. The second-order valence-corrected chi connectivity index (χ2v) is 5.58. The molecule has 2 aliphatic heterocycles. The molecular weight excluding hydrogens is 290 g/mol. The predicted molar refractivity (Wildman–Crippen MR) is 97.8 cm³/mol. The van der Waals surface area contributed by atoms with Gasteiger partial charge in [-0.1, -0.05) is 27.7 Å². The van der Waals surface area contributed by atoms with Crippen molar-refractivity contribution in [3.8, 4) is 0 Å². The summed E-state index contributed by atoms with van der Waals surface area (Å²) in [6.07, 6.45) is 2.62. The molecule has 138 valence electrons. The number of piperazine rings is 1. The van der Waals surface area contributed by atoms with Crippen molar-refractivity contribution in [2.45, 2.75) is 47.5 Å². The Kier molecular flexibility index (Phi) is 14.5. The van der Waals surface area contributed by atoms with Crippen molar-refractivity contribution < 1.29 is 9.53 Å². The first-order chi connectivity index (χ1) is 11.3. The van der Waals surface area contributed by atoms with Crippen LogP contribution in [0.15, 0.2) is 0 Å². The number of nitrogens with zero attached hydrogens (tertiary/aromatic N) is 2. The van der Waals surface area contributed by atoms with E-state index in [1.54, 1.807) is 0 Å². The molecular formula is C18H39N3O2. The number of rotatable bonds is 5. The molecule has 2 aliphatic rings. The molecule has 2 fully saturated rings. The maximum atomic E-state index is 11.4. The van der Waals surface area contributed by atoms with Crippen molar-refractivity contribution in [3.63, 3.8) is 0 Å². The van der Waals surface area contributed by atoms with Gasteiger partial charge < -0.3 is 15.0 Å². The highest BCUT2D eigenvalue weighted by Gasteiger charge is 2.22. The molecule has 0 saturated carbocycles. The van der Waals surface area contributed by atoms with E-state index in [9.17, 15) is 4.79 Å². The summed E-state index contributed by atoms with van der Waals surface area (Å²) >= 11 is 0. The van der Waals surface area contributed by atoms with E-state index in [0.717, 1.165) is 32.1 Å². The number of nitrogens with one attached hydrogen (secondary N) is 1. The van der Waals surface area contributed by atoms with Gasteiger partial charge in [0.2, 0.25) is 0 Å². The van der Waals surface area contributed by atoms with Crippen LogP contribution in [0.1, 0.15) is 47.5 Å². The fraction of sp³-hybridized carbons (Fsp3) is 0.944. The zero-order valence-corrected chi connectivity index (χ0v) is 16.1. The molecule has 0 bridgehead atoms. The number of esters is 1. The number of carbonyl (C=O) groups excluding carboxylic acids is 1. The molecule has 0 atom stereocenters. The number of hydrogen-bond acceptors (Lipinski definition) is 5. The first kappa shape index (κ1) is 22.4. The maximum Gasteiger partial charge on any atom is 0.320 e. The van der Waals surface area contributed by atoms with Crippen LogP contribution in [0.2, 0.25) is 0 Å². The molecule has 0 amide bonds. The minimum Gasteiger partial charge on any atom is -0.465 e. The maximum absolute atomic E-state index is 11.4. The summed E-state index contributed by atoms with van der Waals surface area (Å²) in [6, 6.07) is 0. The Hall–Kier alpha value is -0.650. The molecule has 0 aromatic rings. The monoisotopic (exact) mass is 329 g/mol. The summed E-state index contributed by atoms with van der Waals surface area (Å²) in [5.74, 6) is 0.771. The van der Waals surface area contributed by atoms with Gasteiger partial charge in [-0.3, -0.25) is 9.69 Å². The van der Waals surface area contributed by atoms with Crippen LogP contribution in [0, 0.1) is 5.92 Å². The van der Waals surface area contributed by atoms with E-state index in [4.69, 9.17) is 4.74 Å². The van der Waals surface area contributed by atoms with Crippen LogP contribution >= 0.6 is 0 Å². The highest BCUT2D eigenvalue weighted by Crippen LogP contribution is 2.14. The zero-order valence-electron chi connectivity index (χ0n) is 16.1. The van der Waals surface area contributed by atoms with Gasteiger partial charge in [-0.15, -0.1) is 0 Å². The second kappa shape index (κ2) is 14.9. The zero-order chi connectivity index (χ0) is 17.5. The van der Waals surface area contributed by atoms with E-state index in [1.807, 2.05) is 34.6 Å². The lowest BCUT2D eigenvalue weighted by atomic mass is 9.97. The third-order valence-corrected chi connectivity index (χ3v) is 4.10. The van der Waals surface area contributed by atoms with Crippen molar-refractivity contribution >= 4 is 5.97 Å². The highest BCUT2D eigenvalue weighted by molar-refractivity contribution is 5.71. The van der Waals surface area contributed by atoms with Crippen LogP contribution in [0.25, 0.3) is 0 Å². The minimum absolute atomic E-state index is 0.0886. The van der Waals surface area contributed by atoms with Crippen LogP contribution in [0.3, 0.4) is 0 Å². The van der Waals surface area contributed by atoms with Crippen LogP contribution in [-0.2, 0) is 9.53 Å². The summed E-state index contributed by atoms with van der Waals surface area (Å²) in [6.45, 7) is 18.5. The van der Waals surface area contributed by atoms with Crippen molar-refractivity contribution in [1.82, 2.24) is 15.1 Å². The largest absolute Gasteiger partial charge is 0.465 e. The topological polar surface area (TPSA) is 44.8 Å². The summed E-state index contributed by atoms with van der Waals surface area (Å²) in [7, 11) is 0. The second-order valence-electron chi connectivity index (χ2n) is 5.58. The molecule has 23 heavy (non-hydrogen) atoms. The van der Waals surface area contributed by atoms with Crippen molar-refractivity contribution in [2.75, 3.05) is 59.0 Å². The van der Waals surface area contributed by atoms with Gasteiger partial charge in [-0.05, 0) is 38.8 Å². The third-order valence-electron chi connectivity index (χ3n) is 4.10. The van der Waals surface area contributed by atoms with Gasteiger partial charge in [0, 0.05) is 32.7 Å². The third kappa shape index (κ3) is 9.95. The van der Waals surface area contributed by atoms with Crippen LogP contribution in [0.5, 0.6) is 0 Å². The lowest BCUT2D eigenvalue weighted by molar-refractivity contribution is -0.144. The fourth-order valence-electron chi connectivity index (χ4n) is 2.95. The minimum atomic E-state index is -0.0886. The number of carbonyl (C=O) groups is 1. The average molecular weight is 330 g/mol. The fourth-order valence-corrected chi connectivity index (χ4v) is 2.95. The summed E-state index contributed by atoms with van der Waals surface area (Å²) in [5, 5.41) is 3.41. The van der Waals surface area contributed by atoms with Gasteiger partial charge >= 0.3 is 5.97 Å². The van der Waals surface area contributed by atoms with E-state index in [-0.39, 0.29) is 5.97 Å². The van der Waals surface area contributed by atoms with Crippen molar-refractivity contribution in [3.05, 3.63) is 0 Å². The Morgan fingerprint density at radius 3 is 2.04 bits per heavy atom.